The molecule has 1 aliphatic heterocycles. The lowest BCUT2D eigenvalue weighted by molar-refractivity contribution is -0.125. The fourth-order valence-electron chi connectivity index (χ4n) is 2.31. The van der Waals surface area contributed by atoms with E-state index in [0.29, 0.717) is 11.7 Å². The Bertz CT molecular complexity index is 494. The van der Waals surface area contributed by atoms with Crippen molar-refractivity contribution < 1.29 is 4.79 Å². The largest absolute Gasteiger partial charge is 0.369 e. The van der Waals surface area contributed by atoms with Crippen molar-refractivity contribution in [2.24, 2.45) is 11.1 Å². The molecular weight excluding hydrogens is 264 g/mol. The van der Waals surface area contributed by atoms with Gasteiger partial charge in [-0.15, -0.1) is 0 Å². The minimum atomic E-state index is -0.484. The van der Waals surface area contributed by atoms with E-state index in [1.165, 1.54) is 0 Å². The average Bonchev–Trinajstić information content (AvgIpc) is 2.73. The van der Waals surface area contributed by atoms with Crippen LogP contribution < -0.4 is 10.6 Å². The van der Waals surface area contributed by atoms with Gasteiger partial charge in [-0.3, -0.25) is 4.79 Å². The number of primary amides is 1. The fraction of sp³-hybridized carbons (Fsp3) is 0.615. The number of carbonyl (C=O) groups excluding carboxylic acids is 1. The van der Waals surface area contributed by atoms with Crippen LogP contribution in [0.15, 0.2) is 6.07 Å². The first-order valence-electron chi connectivity index (χ1n) is 6.53. The second-order valence-electron chi connectivity index (χ2n) is 5.31. The summed E-state index contributed by atoms with van der Waals surface area (Å²) in [7, 11) is 0. The molecule has 1 atom stereocenters. The third kappa shape index (κ3) is 2.97. The number of rotatable bonds is 4. The number of amides is 1. The van der Waals surface area contributed by atoms with E-state index in [1.54, 1.807) is 6.07 Å². The number of carbonyl (C=O) groups is 1. The van der Waals surface area contributed by atoms with Gasteiger partial charge in [-0.25, -0.2) is 9.97 Å². The number of aromatic nitrogens is 2. The second kappa shape index (κ2) is 5.33. The summed E-state index contributed by atoms with van der Waals surface area (Å²) in [4.78, 5) is 22.2. The summed E-state index contributed by atoms with van der Waals surface area (Å²) in [6, 6.07) is 1.74. The Labute approximate surface area is 118 Å². The standard InChI is InChI=1S/C13H19ClN4O/c1-3-4-10-16-9(14)7-11(17-10)18-6-5-13(2,8-18)12(15)19/h7H,3-6,8H2,1-2H3,(H2,15,19). The molecule has 1 aromatic heterocycles. The molecular formula is C13H19ClN4O. The Morgan fingerprint density at radius 1 is 1.58 bits per heavy atom. The molecule has 0 radical (unpaired) electrons. The molecule has 104 valence electrons. The van der Waals surface area contributed by atoms with Gasteiger partial charge in [-0.1, -0.05) is 18.5 Å². The van der Waals surface area contributed by atoms with Crippen LogP contribution in [0, 0.1) is 5.41 Å². The molecule has 1 saturated heterocycles. The van der Waals surface area contributed by atoms with Gasteiger partial charge < -0.3 is 10.6 Å². The van der Waals surface area contributed by atoms with Crippen LogP contribution in [0.5, 0.6) is 0 Å². The molecule has 1 aliphatic rings. The summed E-state index contributed by atoms with van der Waals surface area (Å²) in [5, 5.41) is 0.445. The van der Waals surface area contributed by atoms with Crippen LogP contribution in [0.2, 0.25) is 5.15 Å². The summed E-state index contributed by atoms with van der Waals surface area (Å²) < 4.78 is 0. The molecule has 2 N–H and O–H groups in total. The molecule has 1 fully saturated rings. The third-order valence-corrected chi connectivity index (χ3v) is 3.79. The number of anilines is 1. The van der Waals surface area contributed by atoms with E-state index in [2.05, 4.69) is 21.8 Å². The predicted molar refractivity (Wildman–Crippen MR) is 75.2 cm³/mol. The van der Waals surface area contributed by atoms with Gasteiger partial charge >= 0.3 is 0 Å². The zero-order valence-electron chi connectivity index (χ0n) is 11.3. The van der Waals surface area contributed by atoms with Gasteiger partial charge in [0.1, 0.15) is 16.8 Å². The summed E-state index contributed by atoms with van der Waals surface area (Å²) in [5.74, 6) is 1.27. The van der Waals surface area contributed by atoms with Crippen molar-refractivity contribution in [1.29, 1.82) is 0 Å². The molecule has 0 spiro atoms. The molecule has 0 aliphatic carbocycles. The molecule has 5 nitrogen and oxygen atoms in total. The second-order valence-corrected chi connectivity index (χ2v) is 5.70. The Kier molecular flexibility index (Phi) is 3.94. The zero-order valence-corrected chi connectivity index (χ0v) is 12.1. The van der Waals surface area contributed by atoms with Crippen molar-refractivity contribution in [3.63, 3.8) is 0 Å². The SMILES string of the molecule is CCCc1nc(Cl)cc(N2CCC(C)(C(N)=O)C2)n1. The first-order chi connectivity index (χ1) is 8.94. The van der Waals surface area contributed by atoms with Crippen molar-refractivity contribution in [2.45, 2.75) is 33.1 Å². The highest BCUT2D eigenvalue weighted by atomic mass is 35.5. The Morgan fingerprint density at radius 3 is 2.89 bits per heavy atom. The van der Waals surface area contributed by atoms with Gasteiger partial charge in [0.05, 0.1) is 5.41 Å². The first kappa shape index (κ1) is 14.1. The maximum atomic E-state index is 11.5. The van der Waals surface area contributed by atoms with Gasteiger partial charge in [0.15, 0.2) is 0 Å². The lowest BCUT2D eigenvalue weighted by Crippen LogP contribution is -2.37. The van der Waals surface area contributed by atoms with E-state index in [0.717, 1.165) is 37.4 Å². The average molecular weight is 283 g/mol. The number of hydrogen-bond acceptors (Lipinski definition) is 4. The van der Waals surface area contributed by atoms with Crippen molar-refractivity contribution in [1.82, 2.24) is 9.97 Å². The van der Waals surface area contributed by atoms with Crippen LogP contribution in [0.25, 0.3) is 0 Å². The van der Waals surface area contributed by atoms with Crippen molar-refractivity contribution in [3.8, 4) is 0 Å². The van der Waals surface area contributed by atoms with Gasteiger partial charge in [0.25, 0.3) is 0 Å². The molecule has 1 unspecified atom stereocenters. The zero-order chi connectivity index (χ0) is 14.0. The van der Waals surface area contributed by atoms with E-state index < -0.39 is 5.41 Å². The van der Waals surface area contributed by atoms with Crippen LogP contribution in [-0.4, -0.2) is 29.0 Å². The predicted octanol–water partition coefficient (Wildman–Crippen LogP) is 1.78. The molecule has 19 heavy (non-hydrogen) atoms. The number of hydrogen-bond donors (Lipinski definition) is 1. The maximum Gasteiger partial charge on any atom is 0.225 e. The highest BCUT2D eigenvalue weighted by molar-refractivity contribution is 6.29. The molecule has 1 amide bonds. The lowest BCUT2D eigenvalue weighted by atomic mass is 9.89. The van der Waals surface area contributed by atoms with Crippen LogP contribution in [0.1, 0.15) is 32.5 Å². The first-order valence-corrected chi connectivity index (χ1v) is 6.91. The van der Waals surface area contributed by atoms with Crippen molar-refractivity contribution in [3.05, 3.63) is 17.0 Å². The van der Waals surface area contributed by atoms with E-state index >= 15 is 0 Å². The van der Waals surface area contributed by atoms with E-state index in [1.807, 2.05) is 6.92 Å². The minimum Gasteiger partial charge on any atom is -0.369 e. The Hall–Kier alpha value is -1.36. The van der Waals surface area contributed by atoms with Gasteiger partial charge in [-0.05, 0) is 19.8 Å². The smallest absolute Gasteiger partial charge is 0.225 e. The van der Waals surface area contributed by atoms with Gasteiger partial charge in [0, 0.05) is 25.6 Å². The van der Waals surface area contributed by atoms with E-state index in [4.69, 9.17) is 17.3 Å². The molecule has 0 bridgehead atoms. The van der Waals surface area contributed by atoms with Crippen molar-refractivity contribution in [2.75, 3.05) is 18.0 Å². The molecule has 0 aromatic carbocycles. The summed E-state index contributed by atoms with van der Waals surface area (Å²) >= 11 is 6.03. The Morgan fingerprint density at radius 2 is 2.32 bits per heavy atom. The van der Waals surface area contributed by atoms with Crippen LogP contribution in [0.3, 0.4) is 0 Å². The molecule has 1 aromatic rings. The summed E-state index contributed by atoms with van der Waals surface area (Å²) in [5.41, 5.74) is 4.97. The molecule has 6 heteroatoms. The van der Waals surface area contributed by atoms with Crippen molar-refractivity contribution >= 4 is 23.3 Å². The quantitative estimate of drug-likeness (QED) is 0.855. The number of aryl methyl sites for hydroxylation is 1. The maximum absolute atomic E-state index is 11.5. The fourth-order valence-corrected chi connectivity index (χ4v) is 2.50. The topological polar surface area (TPSA) is 72.1 Å². The molecule has 2 rings (SSSR count). The summed E-state index contributed by atoms with van der Waals surface area (Å²) in [6.07, 6.45) is 2.51. The lowest BCUT2D eigenvalue weighted by Gasteiger charge is -2.22. The Balaban J connectivity index is 2.21. The van der Waals surface area contributed by atoms with Gasteiger partial charge in [-0.2, -0.15) is 0 Å². The normalized spacial score (nSPS) is 22.8. The summed E-state index contributed by atoms with van der Waals surface area (Å²) in [6.45, 7) is 5.31. The molecule has 0 saturated carbocycles. The van der Waals surface area contributed by atoms with E-state index in [-0.39, 0.29) is 5.91 Å². The number of nitrogens with two attached hydrogens (primary N) is 1. The number of nitrogens with zero attached hydrogens (tertiary/aromatic N) is 3. The monoisotopic (exact) mass is 282 g/mol. The van der Waals surface area contributed by atoms with E-state index in [9.17, 15) is 4.79 Å². The highest BCUT2D eigenvalue weighted by Gasteiger charge is 2.39. The van der Waals surface area contributed by atoms with Crippen LogP contribution in [-0.2, 0) is 11.2 Å². The number of halogens is 1. The minimum absolute atomic E-state index is 0.260. The van der Waals surface area contributed by atoms with Gasteiger partial charge in [0.2, 0.25) is 5.91 Å². The molecule has 2 heterocycles. The van der Waals surface area contributed by atoms with Crippen LogP contribution >= 0.6 is 11.6 Å². The highest BCUT2D eigenvalue weighted by Crippen LogP contribution is 2.32. The third-order valence-electron chi connectivity index (χ3n) is 3.59. The van der Waals surface area contributed by atoms with Crippen LogP contribution in [0.4, 0.5) is 5.82 Å².